The Hall–Kier alpha value is -1.42. The van der Waals surface area contributed by atoms with Gasteiger partial charge in [0.2, 0.25) is 10.0 Å². The van der Waals surface area contributed by atoms with Crippen LogP contribution in [0.4, 0.5) is 11.6 Å². The quantitative estimate of drug-likeness (QED) is 0.773. The van der Waals surface area contributed by atoms with Gasteiger partial charge in [-0.15, -0.1) is 10.2 Å². The first-order valence-electron chi connectivity index (χ1n) is 6.11. The van der Waals surface area contributed by atoms with E-state index in [4.69, 9.17) is 0 Å². The molecule has 0 amide bonds. The Morgan fingerprint density at radius 1 is 1.30 bits per heavy atom. The van der Waals surface area contributed by atoms with E-state index in [9.17, 15) is 16.8 Å². The third-order valence-corrected chi connectivity index (χ3v) is 5.94. The van der Waals surface area contributed by atoms with Gasteiger partial charge in [-0.2, -0.15) is 0 Å². The van der Waals surface area contributed by atoms with Crippen LogP contribution in [0.2, 0.25) is 0 Å². The summed E-state index contributed by atoms with van der Waals surface area (Å²) in [6.07, 6.45) is 0.536. The molecule has 1 aromatic heterocycles. The fraction of sp³-hybridized carbons (Fsp3) is 0.600. The van der Waals surface area contributed by atoms with Gasteiger partial charge in [0, 0.05) is 6.04 Å². The van der Waals surface area contributed by atoms with E-state index in [1.807, 2.05) is 0 Å². The van der Waals surface area contributed by atoms with Gasteiger partial charge < -0.3 is 5.32 Å². The van der Waals surface area contributed by atoms with Gasteiger partial charge in [0.15, 0.2) is 15.7 Å². The van der Waals surface area contributed by atoms with E-state index in [0.717, 1.165) is 0 Å². The lowest BCUT2D eigenvalue weighted by Gasteiger charge is -2.11. The summed E-state index contributed by atoms with van der Waals surface area (Å²) in [5, 5.41) is 10.5. The Morgan fingerprint density at radius 3 is 2.45 bits per heavy atom. The predicted octanol–water partition coefficient (Wildman–Crippen LogP) is -0.163. The number of nitrogens with zero attached hydrogens (tertiary/aromatic N) is 2. The SMILES string of the molecule is CCS(=O)(=O)Nc1ccc(NC2CCS(=O)(=O)C2)nn1. The van der Waals surface area contributed by atoms with Gasteiger partial charge in [-0.25, -0.2) is 16.8 Å². The average molecular weight is 320 g/mol. The van der Waals surface area contributed by atoms with E-state index < -0.39 is 19.9 Å². The molecule has 0 aromatic carbocycles. The molecule has 1 aliphatic rings. The minimum atomic E-state index is -3.38. The first-order chi connectivity index (χ1) is 9.30. The van der Waals surface area contributed by atoms with Crippen LogP contribution in [0, 0.1) is 0 Å². The van der Waals surface area contributed by atoms with Crippen molar-refractivity contribution >= 4 is 31.5 Å². The van der Waals surface area contributed by atoms with Crippen molar-refractivity contribution in [3.63, 3.8) is 0 Å². The summed E-state index contributed by atoms with van der Waals surface area (Å²) < 4.78 is 47.6. The molecule has 8 nitrogen and oxygen atoms in total. The molecule has 2 N–H and O–H groups in total. The third kappa shape index (κ3) is 4.04. The van der Waals surface area contributed by atoms with Crippen LogP contribution in [0.1, 0.15) is 13.3 Å². The van der Waals surface area contributed by atoms with Crippen LogP contribution < -0.4 is 10.0 Å². The number of hydrogen-bond acceptors (Lipinski definition) is 7. The van der Waals surface area contributed by atoms with Crippen molar-refractivity contribution in [2.75, 3.05) is 27.3 Å². The number of sulfone groups is 1. The molecule has 20 heavy (non-hydrogen) atoms. The molecular weight excluding hydrogens is 304 g/mol. The summed E-state index contributed by atoms with van der Waals surface area (Å²) in [6, 6.07) is 2.87. The fourth-order valence-corrected chi connectivity index (χ4v) is 4.06. The summed E-state index contributed by atoms with van der Waals surface area (Å²) in [5.74, 6) is 0.767. The summed E-state index contributed by atoms with van der Waals surface area (Å²) in [6.45, 7) is 1.52. The zero-order chi connectivity index (χ0) is 14.8. The van der Waals surface area contributed by atoms with E-state index in [0.29, 0.717) is 12.2 Å². The highest BCUT2D eigenvalue weighted by Gasteiger charge is 2.27. The predicted molar refractivity (Wildman–Crippen MR) is 75.8 cm³/mol. The number of anilines is 2. The summed E-state index contributed by atoms with van der Waals surface area (Å²) in [7, 11) is -6.33. The zero-order valence-corrected chi connectivity index (χ0v) is 12.5. The van der Waals surface area contributed by atoms with E-state index in [2.05, 4.69) is 20.2 Å². The second-order valence-electron chi connectivity index (χ2n) is 4.55. The molecule has 2 heterocycles. The highest BCUT2D eigenvalue weighted by Crippen LogP contribution is 2.16. The maximum Gasteiger partial charge on any atom is 0.233 e. The molecule has 1 atom stereocenters. The molecule has 112 valence electrons. The maximum absolute atomic E-state index is 11.3. The number of sulfonamides is 1. The van der Waals surface area contributed by atoms with Crippen molar-refractivity contribution in [3.8, 4) is 0 Å². The molecule has 0 radical (unpaired) electrons. The van der Waals surface area contributed by atoms with E-state index in [-0.39, 0.29) is 29.1 Å². The number of nitrogens with one attached hydrogen (secondary N) is 2. The molecule has 0 spiro atoms. The lowest BCUT2D eigenvalue weighted by molar-refractivity contribution is 0.600. The fourth-order valence-electron chi connectivity index (χ4n) is 1.81. The molecular formula is C10H16N4O4S2. The van der Waals surface area contributed by atoms with Gasteiger partial charge in [-0.1, -0.05) is 0 Å². The molecule has 0 aliphatic carbocycles. The molecule has 2 rings (SSSR count). The maximum atomic E-state index is 11.3. The molecule has 10 heteroatoms. The normalized spacial score (nSPS) is 21.6. The minimum Gasteiger partial charge on any atom is -0.365 e. The highest BCUT2D eigenvalue weighted by atomic mass is 32.2. The highest BCUT2D eigenvalue weighted by molar-refractivity contribution is 7.92. The van der Waals surface area contributed by atoms with Crippen molar-refractivity contribution in [3.05, 3.63) is 12.1 Å². The molecule has 1 aliphatic heterocycles. The van der Waals surface area contributed by atoms with Gasteiger partial charge in [-0.05, 0) is 25.5 Å². The van der Waals surface area contributed by atoms with Crippen LogP contribution in [0.25, 0.3) is 0 Å². The van der Waals surface area contributed by atoms with Crippen molar-refractivity contribution in [1.82, 2.24) is 10.2 Å². The Balaban J connectivity index is 1.99. The number of rotatable bonds is 5. The van der Waals surface area contributed by atoms with E-state index in [1.54, 1.807) is 6.07 Å². The second-order valence-corrected chi connectivity index (χ2v) is 8.79. The smallest absolute Gasteiger partial charge is 0.233 e. The van der Waals surface area contributed by atoms with Crippen LogP contribution in [-0.2, 0) is 19.9 Å². The lowest BCUT2D eigenvalue weighted by Crippen LogP contribution is -2.21. The molecule has 0 bridgehead atoms. The number of hydrogen-bond donors (Lipinski definition) is 2. The summed E-state index contributed by atoms with van der Waals surface area (Å²) >= 11 is 0. The van der Waals surface area contributed by atoms with E-state index >= 15 is 0 Å². The first-order valence-corrected chi connectivity index (χ1v) is 9.58. The van der Waals surface area contributed by atoms with Gasteiger partial charge >= 0.3 is 0 Å². The molecule has 0 saturated carbocycles. The topological polar surface area (TPSA) is 118 Å². The third-order valence-electron chi connectivity index (χ3n) is 2.89. The van der Waals surface area contributed by atoms with Crippen LogP contribution in [0.5, 0.6) is 0 Å². The van der Waals surface area contributed by atoms with Crippen molar-refractivity contribution in [2.24, 2.45) is 0 Å². The molecule has 1 fully saturated rings. The van der Waals surface area contributed by atoms with Gasteiger partial charge in [0.1, 0.15) is 5.82 Å². The van der Waals surface area contributed by atoms with Gasteiger partial charge in [0.05, 0.1) is 17.3 Å². The zero-order valence-electron chi connectivity index (χ0n) is 10.9. The van der Waals surface area contributed by atoms with E-state index in [1.165, 1.54) is 13.0 Å². The van der Waals surface area contributed by atoms with Gasteiger partial charge in [0.25, 0.3) is 0 Å². The van der Waals surface area contributed by atoms with Gasteiger partial charge in [-0.3, -0.25) is 4.72 Å². The standard InChI is InChI=1S/C10H16N4O4S2/c1-2-20(17,18)14-10-4-3-9(12-13-10)11-8-5-6-19(15,16)7-8/h3-4,8H,2,5-7H2,1H3,(H,11,12)(H,13,14). The Kier molecular flexibility index (Phi) is 4.14. The monoisotopic (exact) mass is 320 g/mol. The lowest BCUT2D eigenvalue weighted by atomic mass is 10.2. The first kappa shape index (κ1) is 15.0. The molecule has 1 saturated heterocycles. The van der Waals surface area contributed by atoms with Crippen LogP contribution >= 0.6 is 0 Å². The Bertz CT molecular complexity index is 670. The van der Waals surface area contributed by atoms with Crippen molar-refractivity contribution in [1.29, 1.82) is 0 Å². The minimum absolute atomic E-state index is 0.0470. The second kappa shape index (κ2) is 5.52. The Morgan fingerprint density at radius 2 is 1.95 bits per heavy atom. The van der Waals surface area contributed by atoms with Crippen LogP contribution in [-0.4, -0.2) is 50.3 Å². The van der Waals surface area contributed by atoms with Crippen molar-refractivity contribution < 1.29 is 16.8 Å². The molecule has 1 unspecified atom stereocenters. The largest absolute Gasteiger partial charge is 0.365 e. The van der Waals surface area contributed by atoms with Crippen molar-refractivity contribution in [2.45, 2.75) is 19.4 Å². The molecule has 1 aromatic rings. The van der Waals surface area contributed by atoms with Crippen LogP contribution in [0.15, 0.2) is 12.1 Å². The Labute approximate surface area is 118 Å². The average Bonchev–Trinajstić information content (AvgIpc) is 2.71. The van der Waals surface area contributed by atoms with Crippen LogP contribution in [0.3, 0.4) is 0 Å². The summed E-state index contributed by atoms with van der Waals surface area (Å²) in [5.41, 5.74) is 0. The number of aromatic nitrogens is 2. The summed E-state index contributed by atoms with van der Waals surface area (Å²) in [4.78, 5) is 0.